The Morgan fingerprint density at radius 1 is 1.52 bits per heavy atom. The number of nitrogens with zero attached hydrogens (tertiary/aromatic N) is 3. The molecule has 8 nitrogen and oxygen atoms in total. The first-order valence-electron chi connectivity index (χ1n) is 7.45. The molecule has 2 N–H and O–H groups in total. The fourth-order valence-electron chi connectivity index (χ4n) is 2.69. The summed E-state index contributed by atoms with van der Waals surface area (Å²) in [6.45, 7) is 4.99. The second-order valence-electron chi connectivity index (χ2n) is 5.47. The second-order valence-corrected chi connectivity index (χ2v) is 5.47. The molecular weight excluding hydrogens is 298 g/mol. The highest BCUT2D eigenvalue weighted by Gasteiger charge is 2.27. The molecule has 3 rings (SSSR count). The van der Waals surface area contributed by atoms with Crippen LogP contribution in [0.2, 0.25) is 0 Å². The number of carbonyl (C=O) groups excluding carboxylic acids is 2. The first-order valence-corrected chi connectivity index (χ1v) is 7.45. The predicted molar refractivity (Wildman–Crippen MR) is 82.1 cm³/mol. The van der Waals surface area contributed by atoms with Crippen molar-refractivity contribution in [3.05, 3.63) is 41.6 Å². The van der Waals surface area contributed by atoms with Crippen LogP contribution >= 0.6 is 0 Å². The molecule has 2 aromatic rings. The number of carbonyl (C=O) groups is 2. The number of hydrogen-bond acceptors (Lipinski definition) is 4. The molecule has 2 aromatic heterocycles. The maximum Gasteiger partial charge on any atom is 0.325 e. The van der Waals surface area contributed by atoms with Crippen LogP contribution in [0.3, 0.4) is 0 Å². The number of imide groups is 1. The van der Waals surface area contributed by atoms with Gasteiger partial charge in [0.25, 0.3) is 0 Å². The average molecular weight is 317 g/mol. The third kappa shape index (κ3) is 3.05. The van der Waals surface area contributed by atoms with E-state index in [1.54, 1.807) is 12.3 Å². The van der Waals surface area contributed by atoms with Crippen LogP contribution in [0.25, 0.3) is 0 Å². The van der Waals surface area contributed by atoms with Crippen molar-refractivity contribution in [3.8, 4) is 0 Å². The minimum atomic E-state index is -0.418. The van der Waals surface area contributed by atoms with E-state index in [0.717, 1.165) is 16.3 Å². The Morgan fingerprint density at radius 2 is 2.35 bits per heavy atom. The number of amides is 4. The van der Waals surface area contributed by atoms with E-state index in [0.29, 0.717) is 18.8 Å². The van der Waals surface area contributed by atoms with E-state index in [2.05, 4.69) is 15.7 Å². The molecule has 0 aliphatic carbocycles. The molecule has 4 amide bonds. The monoisotopic (exact) mass is 317 g/mol. The summed E-state index contributed by atoms with van der Waals surface area (Å²) in [5.41, 5.74) is 1.86. The molecule has 1 saturated heterocycles. The molecule has 0 spiro atoms. The first-order chi connectivity index (χ1) is 11.1. The number of furan rings is 1. The summed E-state index contributed by atoms with van der Waals surface area (Å²) >= 11 is 0. The van der Waals surface area contributed by atoms with Gasteiger partial charge < -0.3 is 15.1 Å². The number of aromatic nitrogens is 2. The number of aryl methyl sites for hydroxylation is 2. The second kappa shape index (κ2) is 6.15. The minimum Gasteiger partial charge on any atom is -0.467 e. The van der Waals surface area contributed by atoms with Gasteiger partial charge in [-0.25, -0.2) is 14.5 Å². The number of hydrogen-bond donors (Lipinski definition) is 2. The summed E-state index contributed by atoms with van der Waals surface area (Å²) in [6, 6.07) is 4.54. The van der Waals surface area contributed by atoms with Crippen molar-refractivity contribution in [2.75, 3.05) is 19.6 Å². The summed E-state index contributed by atoms with van der Waals surface area (Å²) in [5.74, 6) is 0.697. The van der Waals surface area contributed by atoms with Crippen LogP contribution in [0.1, 0.15) is 23.2 Å². The van der Waals surface area contributed by atoms with Crippen molar-refractivity contribution < 1.29 is 14.0 Å². The van der Waals surface area contributed by atoms with Crippen molar-refractivity contribution in [2.24, 2.45) is 0 Å². The molecule has 8 heteroatoms. The standard InChI is InChI=1S/C15H19N5O3/c1-10-8-11(2)20(18-10)12(13-4-3-7-23-13)9-17-15(22)19-6-5-16-14(19)21/h3-4,7-8,12H,5-6,9H2,1-2H3,(H,16,21)(H,17,22)/t12-/m1/s1. The summed E-state index contributed by atoms with van der Waals surface area (Å²) in [7, 11) is 0. The Bertz CT molecular complexity index is 707. The van der Waals surface area contributed by atoms with Crippen molar-refractivity contribution >= 4 is 12.1 Å². The van der Waals surface area contributed by atoms with E-state index >= 15 is 0 Å². The zero-order valence-corrected chi connectivity index (χ0v) is 13.1. The molecule has 1 fully saturated rings. The lowest BCUT2D eigenvalue weighted by Gasteiger charge is -2.20. The molecule has 0 unspecified atom stereocenters. The lowest BCUT2D eigenvalue weighted by atomic mass is 10.2. The van der Waals surface area contributed by atoms with Crippen LogP contribution in [0, 0.1) is 13.8 Å². The first kappa shape index (κ1) is 15.1. The van der Waals surface area contributed by atoms with Crippen molar-refractivity contribution in [3.63, 3.8) is 0 Å². The Labute approximate surface area is 133 Å². The Kier molecular flexibility index (Phi) is 4.05. The highest BCUT2D eigenvalue weighted by molar-refractivity contribution is 5.94. The fourth-order valence-corrected chi connectivity index (χ4v) is 2.69. The molecule has 0 radical (unpaired) electrons. The Hall–Kier alpha value is -2.77. The molecule has 1 aliphatic rings. The molecule has 0 bridgehead atoms. The average Bonchev–Trinajstić information content (AvgIpc) is 3.22. The van der Waals surface area contributed by atoms with Crippen LogP contribution in [0.5, 0.6) is 0 Å². The quantitative estimate of drug-likeness (QED) is 0.892. The Balaban J connectivity index is 1.76. The van der Waals surface area contributed by atoms with Crippen molar-refractivity contribution in [1.82, 2.24) is 25.3 Å². The van der Waals surface area contributed by atoms with E-state index in [-0.39, 0.29) is 18.6 Å². The van der Waals surface area contributed by atoms with Crippen LogP contribution in [0.15, 0.2) is 28.9 Å². The zero-order valence-electron chi connectivity index (χ0n) is 13.1. The van der Waals surface area contributed by atoms with E-state index in [1.165, 1.54) is 0 Å². The lowest BCUT2D eigenvalue weighted by Crippen LogP contribution is -2.44. The van der Waals surface area contributed by atoms with Crippen molar-refractivity contribution in [1.29, 1.82) is 0 Å². The highest BCUT2D eigenvalue weighted by atomic mass is 16.3. The lowest BCUT2D eigenvalue weighted by molar-refractivity contribution is 0.197. The van der Waals surface area contributed by atoms with Gasteiger partial charge in [0.05, 0.1) is 12.0 Å². The molecule has 0 aromatic carbocycles. The van der Waals surface area contributed by atoms with Gasteiger partial charge in [0.1, 0.15) is 11.8 Å². The molecule has 3 heterocycles. The van der Waals surface area contributed by atoms with E-state index in [1.807, 2.05) is 30.7 Å². The van der Waals surface area contributed by atoms with E-state index in [9.17, 15) is 9.59 Å². The summed E-state index contributed by atoms with van der Waals surface area (Å²) in [4.78, 5) is 24.8. The predicted octanol–water partition coefficient (Wildman–Crippen LogP) is 1.42. The van der Waals surface area contributed by atoms with Gasteiger partial charge in [-0.3, -0.25) is 4.68 Å². The van der Waals surface area contributed by atoms with Crippen LogP contribution < -0.4 is 10.6 Å². The Morgan fingerprint density at radius 3 is 2.91 bits per heavy atom. The molecule has 1 aliphatic heterocycles. The van der Waals surface area contributed by atoms with Gasteiger partial charge in [-0.05, 0) is 32.0 Å². The smallest absolute Gasteiger partial charge is 0.325 e. The maximum absolute atomic E-state index is 12.1. The third-order valence-corrected chi connectivity index (χ3v) is 3.76. The summed E-state index contributed by atoms with van der Waals surface area (Å²) in [5, 5.41) is 9.85. The van der Waals surface area contributed by atoms with Crippen LogP contribution in [0.4, 0.5) is 9.59 Å². The number of urea groups is 2. The summed E-state index contributed by atoms with van der Waals surface area (Å²) in [6.07, 6.45) is 1.59. The van der Waals surface area contributed by atoms with Gasteiger partial charge >= 0.3 is 12.1 Å². The summed E-state index contributed by atoms with van der Waals surface area (Å²) < 4.78 is 7.31. The third-order valence-electron chi connectivity index (χ3n) is 3.76. The molecule has 23 heavy (non-hydrogen) atoms. The SMILES string of the molecule is Cc1cc(C)n([C@H](CNC(=O)N2CCNC2=O)c2ccco2)n1. The van der Waals surface area contributed by atoms with Gasteiger partial charge in [-0.2, -0.15) is 5.10 Å². The molecule has 0 saturated carbocycles. The van der Waals surface area contributed by atoms with Gasteiger partial charge in [0, 0.05) is 25.3 Å². The normalized spacial score (nSPS) is 15.6. The van der Waals surface area contributed by atoms with E-state index in [4.69, 9.17) is 4.42 Å². The maximum atomic E-state index is 12.1. The molecule has 1 atom stereocenters. The van der Waals surface area contributed by atoms with Gasteiger partial charge in [0.2, 0.25) is 0 Å². The highest BCUT2D eigenvalue weighted by Crippen LogP contribution is 2.20. The van der Waals surface area contributed by atoms with Gasteiger partial charge in [-0.15, -0.1) is 0 Å². The minimum absolute atomic E-state index is 0.270. The van der Waals surface area contributed by atoms with Gasteiger partial charge in [0.15, 0.2) is 0 Å². The number of rotatable bonds is 4. The number of nitrogens with one attached hydrogen (secondary N) is 2. The van der Waals surface area contributed by atoms with Crippen LogP contribution in [-0.4, -0.2) is 46.4 Å². The van der Waals surface area contributed by atoms with Crippen LogP contribution in [-0.2, 0) is 0 Å². The largest absolute Gasteiger partial charge is 0.467 e. The fraction of sp³-hybridized carbons (Fsp3) is 0.400. The van der Waals surface area contributed by atoms with Gasteiger partial charge in [-0.1, -0.05) is 0 Å². The zero-order chi connectivity index (χ0) is 16.4. The van der Waals surface area contributed by atoms with E-state index < -0.39 is 6.03 Å². The molecule has 122 valence electrons. The topological polar surface area (TPSA) is 92.4 Å². The molecular formula is C15H19N5O3. The van der Waals surface area contributed by atoms with Crippen molar-refractivity contribution in [2.45, 2.75) is 19.9 Å².